The summed E-state index contributed by atoms with van der Waals surface area (Å²) in [6.45, 7) is 0.480. The molecule has 0 amide bonds. The van der Waals surface area contributed by atoms with Gasteiger partial charge in [0.1, 0.15) is 18.1 Å². The minimum Gasteiger partial charge on any atom is -0.489 e. The van der Waals surface area contributed by atoms with Crippen molar-refractivity contribution in [1.82, 2.24) is 0 Å². The standard InChI is InChI=1S/C15H13O3/c16-10-11-17-14-6-8-15(9-7-14)18-12-13-4-2-1-3-5-13/h1-9H,11-12H2. The third-order valence-electron chi connectivity index (χ3n) is 2.37. The maximum atomic E-state index is 10.0. The van der Waals surface area contributed by atoms with Gasteiger partial charge in [0.2, 0.25) is 6.29 Å². The van der Waals surface area contributed by atoms with Crippen LogP contribution in [-0.4, -0.2) is 12.9 Å². The Bertz CT molecular complexity index is 477. The molecule has 0 atom stereocenters. The van der Waals surface area contributed by atoms with Crippen molar-refractivity contribution < 1.29 is 14.3 Å². The number of benzene rings is 2. The summed E-state index contributed by atoms with van der Waals surface area (Å²) in [5.74, 6) is 1.40. The lowest BCUT2D eigenvalue weighted by molar-refractivity contribution is 0.305. The molecule has 3 heteroatoms. The molecule has 0 aliphatic rings. The molecule has 0 bridgehead atoms. The largest absolute Gasteiger partial charge is 0.489 e. The van der Waals surface area contributed by atoms with Crippen molar-refractivity contribution in [2.75, 3.05) is 6.61 Å². The molecule has 0 aliphatic carbocycles. The van der Waals surface area contributed by atoms with Gasteiger partial charge >= 0.3 is 0 Å². The van der Waals surface area contributed by atoms with Crippen LogP contribution in [0.2, 0.25) is 0 Å². The van der Waals surface area contributed by atoms with Crippen molar-refractivity contribution in [2.45, 2.75) is 6.61 Å². The van der Waals surface area contributed by atoms with E-state index in [9.17, 15) is 4.79 Å². The van der Waals surface area contributed by atoms with Crippen molar-refractivity contribution in [1.29, 1.82) is 0 Å². The predicted octanol–water partition coefficient (Wildman–Crippen LogP) is 2.75. The van der Waals surface area contributed by atoms with E-state index in [0.717, 1.165) is 11.3 Å². The lowest BCUT2D eigenvalue weighted by Gasteiger charge is -2.07. The quantitative estimate of drug-likeness (QED) is 0.780. The van der Waals surface area contributed by atoms with Crippen LogP contribution in [-0.2, 0) is 11.4 Å². The van der Waals surface area contributed by atoms with E-state index in [2.05, 4.69) is 0 Å². The Hall–Kier alpha value is -2.29. The molecule has 0 heterocycles. The molecule has 1 radical (unpaired) electrons. The molecule has 0 N–H and O–H groups in total. The molecule has 2 rings (SSSR count). The average Bonchev–Trinajstić information content (AvgIpc) is 2.45. The second-order valence-electron chi connectivity index (χ2n) is 3.68. The predicted molar refractivity (Wildman–Crippen MR) is 68.4 cm³/mol. The molecular weight excluding hydrogens is 228 g/mol. The summed E-state index contributed by atoms with van der Waals surface area (Å²) in [5, 5.41) is 0. The maximum Gasteiger partial charge on any atom is 0.239 e. The first-order valence-corrected chi connectivity index (χ1v) is 5.63. The number of hydrogen-bond acceptors (Lipinski definition) is 3. The summed E-state index contributed by atoms with van der Waals surface area (Å²) >= 11 is 0. The van der Waals surface area contributed by atoms with E-state index in [4.69, 9.17) is 9.47 Å². The highest BCUT2D eigenvalue weighted by Crippen LogP contribution is 2.18. The Kier molecular flexibility index (Phi) is 4.36. The highest BCUT2D eigenvalue weighted by Gasteiger charge is 1.97. The third-order valence-corrected chi connectivity index (χ3v) is 2.37. The molecule has 0 saturated carbocycles. The van der Waals surface area contributed by atoms with Crippen molar-refractivity contribution >= 4 is 6.29 Å². The van der Waals surface area contributed by atoms with E-state index in [-0.39, 0.29) is 6.61 Å². The zero-order chi connectivity index (χ0) is 12.6. The van der Waals surface area contributed by atoms with Gasteiger partial charge in [0, 0.05) is 0 Å². The minimum atomic E-state index is -0.0514. The first-order chi connectivity index (χ1) is 8.88. The van der Waals surface area contributed by atoms with Gasteiger partial charge in [-0.1, -0.05) is 30.3 Å². The Morgan fingerprint density at radius 3 is 2.06 bits per heavy atom. The fourth-order valence-electron chi connectivity index (χ4n) is 1.49. The topological polar surface area (TPSA) is 35.5 Å². The number of hydrogen-bond donors (Lipinski definition) is 0. The van der Waals surface area contributed by atoms with Gasteiger partial charge in [-0.25, -0.2) is 0 Å². The number of rotatable bonds is 6. The second kappa shape index (κ2) is 6.45. The van der Waals surface area contributed by atoms with Gasteiger partial charge in [0.15, 0.2) is 6.61 Å². The Labute approximate surface area is 106 Å². The molecule has 91 valence electrons. The first kappa shape index (κ1) is 12.2. The van der Waals surface area contributed by atoms with Gasteiger partial charge in [0.05, 0.1) is 0 Å². The maximum absolute atomic E-state index is 10.0. The van der Waals surface area contributed by atoms with Crippen LogP contribution in [0.15, 0.2) is 54.6 Å². The fourth-order valence-corrected chi connectivity index (χ4v) is 1.49. The summed E-state index contributed by atoms with van der Waals surface area (Å²) in [4.78, 5) is 10.0. The summed E-state index contributed by atoms with van der Waals surface area (Å²) in [5.41, 5.74) is 1.12. The van der Waals surface area contributed by atoms with E-state index < -0.39 is 0 Å². The molecule has 0 unspecified atom stereocenters. The van der Waals surface area contributed by atoms with Crippen LogP contribution in [0, 0.1) is 0 Å². The summed E-state index contributed by atoms with van der Waals surface area (Å²) < 4.78 is 10.7. The fraction of sp³-hybridized carbons (Fsp3) is 0.133. The highest BCUT2D eigenvalue weighted by atomic mass is 16.5. The van der Waals surface area contributed by atoms with E-state index in [1.165, 1.54) is 0 Å². The molecule has 2 aromatic carbocycles. The monoisotopic (exact) mass is 241 g/mol. The second-order valence-corrected chi connectivity index (χ2v) is 3.68. The molecule has 3 nitrogen and oxygen atoms in total. The number of ether oxygens (including phenoxy) is 2. The van der Waals surface area contributed by atoms with Gasteiger partial charge in [-0.2, -0.15) is 0 Å². The molecule has 0 aliphatic heterocycles. The van der Waals surface area contributed by atoms with Crippen LogP contribution in [0.3, 0.4) is 0 Å². The van der Waals surface area contributed by atoms with Gasteiger partial charge in [-0.3, -0.25) is 4.79 Å². The van der Waals surface area contributed by atoms with Crippen LogP contribution in [0.4, 0.5) is 0 Å². The Morgan fingerprint density at radius 1 is 0.833 bits per heavy atom. The van der Waals surface area contributed by atoms with Crippen LogP contribution >= 0.6 is 0 Å². The van der Waals surface area contributed by atoms with Gasteiger partial charge in [-0.05, 0) is 29.8 Å². The summed E-state index contributed by atoms with van der Waals surface area (Å²) in [7, 11) is 0. The third kappa shape index (κ3) is 3.63. The lowest BCUT2D eigenvalue weighted by Crippen LogP contribution is -1.98. The smallest absolute Gasteiger partial charge is 0.239 e. The SMILES string of the molecule is O=[C]COc1ccc(OCc2ccccc2)cc1. The van der Waals surface area contributed by atoms with E-state index in [1.807, 2.05) is 42.5 Å². The zero-order valence-electron chi connectivity index (χ0n) is 9.84. The van der Waals surface area contributed by atoms with Crippen LogP contribution < -0.4 is 9.47 Å². The molecule has 0 aromatic heterocycles. The molecule has 2 aromatic rings. The normalized spacial score (nSPS) is 9.78. The van der Waals surface area contributed by atoms with Crippen LogP contribution in [0.1, 0.15) is 5.56 Å². The molecule has 0 spiro atoms. The molecule has 0 saturated heterocycles. The van der Waals surface area contributed by atoms with Crippen molar-refractivity contribution in [3.8, 4) is 11.5 Å². The molecule has 18 heavy (non-hydrogen) atoms. The summed E-state index contributed by atoms with van der Waals surface area (Å²) in [6, 6.07) is 17.1. The van der Waals surface area contributed by atoms with E-state index in [0.29, 0.717) is 12.4 Å². The Balaban J connectivity index is 1.88. The van der Waals surface area contributed by atoms with E-state index >= 15 is 0 Å². The number of carbonyl (C=O) groups excluding carboxylic acids is 1. The first-order valence-electron chi connectivity index (χ1n) is 5.63. The Morgan fingerprint density at radius 2 is 1.44 bits per heavy atom. The van der Waals surface area contributed by atoms with Gasteiger partial charge in [-0.15, -0.1) is 0 Å². The van der Waals surface area contributed by atoms with Crippen LogP contribution in [0.5, 0.6) is 11.5 Å². The van der Waals surface area contributed by atoms with Gasteiger partial charge < -0.3 is 9.47 Å². The highest BCUT2D eigenvalue weighted by molar-refractivity contribution is 5.52. The van der Waals surface area contributed by atoms with Crippen molar-refractivity contribution in [3.63, 3.8) is 0 Å². The summed E-state index contributed by atoms with van der Waals surface area (Å²) in [6.07, 6.45) is 1.67. The van der Waals surface area contributed by atoms with E-state index in [1.54, 1.807) is 18.4 Å². The lowest BCUT2D eigenvalue weighted by atomic mass is 10.2. The van der Waals surface area contributed by atoms with Crippen molar-refractivity contribution in [3.05, 3.63) is 60.2 Å². The van der Waals surface area contributed by atoms with Crippen molar-refractivity contribution in [2.24, 2.45) is 0 Å². The van der Waals surface area contributed by atoms with Gasteiger partial charge in [0.25, 0.3) is 0 Å². The average molecular weight is 241 g/mol. The van der Waals surface area contributed by atoms with Crippen LogP contribution in [0.25, 0.3) is 0 Å². The molecule has 0 fully saturated rings. The minimum absolute atomic E-state index is 0.0514. The molecular formula is C15H13O3. The zero-order valence-corrected chi connectivity index (χ0v) is 9.84.